The molecule has 3 unspecified atom stereocenters. The zero-order valence-corrected chi connectivity index (χ0v) is 23.2. The van der Waals surface area contributed by atoms with Gasteiger partial charge in [0.1, 0.15) is 6.04 Å². The van der Waals surface area contributed by atoms with Gasteiger partial charge in [0, 0.05) is 18.7 Å². The average Bonchev–Trinajstić information content (AvgIpc) is 2.78. The molecule has 0 aliphatic carbocycles. The van der Waals surface area contributed by atoms with Crippen LogP contribution in [0.15, 0.2) is 11.6 Å². The maximum absolute atomic E-state index is 13.8. The van der Waals surface area contributed by atoms with Crippen molar-refractivity contribution < 1.29 is 19.1 Å². The number of likely N-dealkylation sites (tertiary alicyclic amines) is 1. The Morgan fingerprint density at radius 2 is 1.76 bits per heavy atom. The summed E-state index contributed by atoms with van der Waals surface area (Å²) >= 11 is 0. The predicted octanol–water partition coefficient (Wildman–Crippen LogP) is 4.16. The van der Waals surface area contributed by atoms with Crippen LogP contribution in [0.1, 0.15) is 88.0 Å². The van der Waals surface area contributed by atoms with E-state index in [1.54, 1.807) is 31.9 Å². The van der Waals surface area contributed by atoms with Gasteiger partial charge >= 0.3 is 5.97 Å². The molecule has 7 heteroatoms. The predicted molar refractivity (Wildman–Crippen MR) is 137 cm³/mol. The van der Waals surface area contributed by atoms with Gasteiger partial charge in [-0.1, -0.05) is 54.0 Å². The molecule has 0 bridgehead atoms. The van der Waals surface area contributed by atoms with E-state index in [-0.39, 0.29) is 35.8 Å². The Kier molecular flexibility index (Phi) is 11.8. The van der Waals surface area contributed by atoms with Crippen LogP contribution in [0.5, 0.6) is 0 Å². The molecule has 0 aromatic heterocycles. The Balaban J connectivity index is 3.17. The van der Waals surface area contributed by atoms with Crippen molar-refractivity contribution >= 4 is 17.8 Å². The highest BCUT2D eigenvalue weighted by Gasteiger charge is 2.40. The first kappa shape index (κ1) is 30.1. The molecule has 196 valence electrons. The quantitative estimate of drug-likeness (QED) is 0.376. The van der Waals surface area contributed by atoms with Crippen molar-refractivity contribution in [1.82, 2.24) is 15.1 Å². The Morgan fingerprint density at radius 1 is 1.15 bits per heavy atom. The molecule has 0 aromatic carbocycles. The lowest BCUT2D eigenvalue weighted by molar-refractivity contribution is -0.142. The molecule has 0 aromatic rings. The van der Waals surface area contributed by atoms with E-state index in [0.717, 1.165) is 32.2 Å². The number of likely N-dealkylation sites (N-methyl/N-ethyl adjacent to an activating group) is 1. The first-order valence-corrected chi connectivity index (χ1v) is 12.9. The molecular formula is C27H49N3O4. The number of nitrogens with one attached hydrogen (secondary N) is 1. The first-order chi connectivity index (χ1) is 15.8. The van der Waals surface area contributed by atoms with E-state index in [1.165, 1.54) is 0 Å². The highest BCUT2D eigenvalue weighted by Crippen LogP contribution is 2.26. The second-order valence-electron chi connectivity index (χ2n) is 11.1. The molecule has 1 heterocycles. The molecular weight excluding hydrogens is 430 g/mol. The van der Waals surface area contributed by atoms with Gasteiger partial charge < -0.3 is 15.0 Å². The van der Waals surface area contributed by atoms with Crippen molar-refractivity contribution in [3.63, 3.8) is 0 Å². The molecule has 4 atom stereocenters. The number of hydrogen-bond donors (Lipinski definition) is 1. The molecule has 7 nitrogen and oxygen atoms in total. The molecule has 1 N–H and O–H groups in total. The second kappa shape index (κ2) is 13.3. The Labute approximate surface area is 207 Å². The van der Waals surface area contributed by atoms with Crippen LogP contribution in [0.25, 0.3) is 0 Å². The summed E-state index contributed by atoms with van der Waals surface area (Å²) in [6.07, 6.45) is 5.71. The number of amides is 2. The maximum atomic E-state index is 13.8. The van der Waals surface area contributed by atoms with E-state index in [1.807, 2.05) is 34.6 Å². The number of carbonyl (C=O) groups excluding carboxylic acids is 3. The molecule has 1 saturated heterocycles. The third-order valence-electron chi connectivity index (χ3n) is 6.90. The highest BCUT2D eigenvalue weighted by atomic mass is 16.5. The summed E-state index contributed by atoms with van der Waals surface area (Å²) in [6, 6.07) is -0.865. The summed E-state index contributed by atoms with van der Waals surface area (Å²) in [5.41, 5.74) is 0.00104. The van der Waals surface area contributed by atoms with Gasteiger partial charge in [-0.2, -0.15) is 0 Å². The number of nitrogens with zero attached hydrogens (tertiary/aromatic N) is 2. The minimum Gasteiger partial charge on any atom is -0.463 e. The van der Waals surface area contributed by atoms with Crippen LogP contribution in [0, 0.1) is 11.3 Å². The van der Waals surface area contributed by atoms with Gasteiger partial charge in [-0.3, -0.25) is 14.5 Å². The average molecular weight is 480 g/mol. The Morgan fingerprint density at radius 3 is 2.26 bits per heavy atom. The van der Waals surface area contributed by atoms with Crippen molar-refractivity contribution in [2.75, 3.05) is 20.2 Å². The van der Waals surface area contributed by atoms with Crippen LogP contribution in [-0.4, -0.2) is 72.0 Å². The molecule has 0 radical (unpaired) electrons. The van der Waals surface area contributed by atoms with Crippen LogP contribution < -0.4 is 5.32 Å². The third-order valence-corrected chi connectivity index (χ3v) is 6.90. The van der Waals surface area contributed by atoms with Gasteiger partial charge in [0.15, 0.2) is 0 Å². The van der Waals surface area contributed by atoms with Gasteiger partial charge in [0.05, 0.1) is 18.7 Å². The number of hydrogen-bond acceptors (Lipinski definition) is 5. The van der Waals surface area contributed by atoms with Gasteiger partial charge in [0.2, 0.25) is 11.8 Å². The summed E-state index contributed by atoms with van der Waals surface area (Å²) in [6.45, 7) is 18.9. The standard InChI is InChI=1S/C27H49N3O4/c1-11-20(6)30-16-14-13-15-21(30)24(31)28-23(27(7,8)9)25(32)29(10)22(18(3)4)17-19(5)26(33)34-12-2/h17-18,20-23H,11-16H2,1-10H3,(H,28,31)/b19-17+/t20?,21?,22-,23?/m1/s1. The van der Waals surface area contributed by atoms with E-state index in [4.69, 9.17) is 4.74 Å². The van der Waals surface area contributed by atoms with Gasteiger partial charge in [-0.05, 0) is 57.9 Å². The van der Waals surface area contributed by atoms with Gasteiger partial charge in [-0.25, -0.2) is 4.79 Å². The minimum absolute atomic E-state index is 0.0685. The lowest BCUT2D eigenvalue weighted by Gasteiger charge is -2.41. The topological polar surface area (TPSA) is 79.0 Å². The molecule has 1 fully saturated rings. The fourth-order valence-corrected chi connectivity index (χ4v) is 4.56. The van der Waals surface area contributed by atoms with Crippen LogP contribution in [0.4, 0.5) is 0 Å². The summed E-state index contributed by atoms with van der Waals surface area (Å²) in [5, 5.41) is 3.12. The van der Waals surface area contributed by atoms with E-state index >= 15 is 0 Å². The van der Waals surface area contributed by atoms with Crippen molar-refractivity contribution in [3.8, 4) is 0 Å². The van der Waals surface area contributed by atoms with E-state index in [2.05, 4.69) is 24.1 Å². The molecule has 1 rings (SSSR count). The summed E-state index contributed by atoms with van der Waals surface area (Å²) in [5.74, 6) is -0.523. The molecule has 0 saturated carbocycles. The highest BCUT2D eigenvalue weighted by molar-refractivity contribution is 5.91. The van der Waals surface area contributed by atoms with Crippen LogP contribution in [-0.2, 0) is 19.1 Å². The zero-order valence-electron chi connectivity index (χ0n) is 23.2. The SMILES string of the molecule is CCOC(=O)/C(C)=C/[C@H](C(C)C)N(C)C(=O)C(NC(=O)C1CCCCN1C(C)CC)C(C)(C)C. The van der Waals surface area contributed by atoms with Crippen molar-refractivity contribution in [1.29, 1.82) is 0 Å². The zero-order chi connectivity index (χ0) is 26.2. The Bertz CT molecular complexity index is 726. The van der Waals surface area contributed by atoms with Gasteiger partial charge in [0.25, 0.3) is 0 Å². The number of piperidine rings is 1. The Hall–Kier alpha value is -1.89. The van der Waals surface area contributed by atoms with Crippen LogP contribution in [0.2, 0.25) is 0 Å². The number of ether oxygens (including phenoxy) is 1. The largest absolute Gasteiger partial charge is 0.463 e. The lowest BCUT2D eigenvalue weighted by Crippen LogP contribution is -2.60. The molecule has 0 spiro atoms. The third kappa shape index (κ3) is 8.10. The van der Waals surface area contributed by atoms with Crippen LogP contribution in [0.3, 0.4) is 0 Å². The van der Waals surface area contributed by atoms with E-state index in [9.17, 15) is 14.4 Å². The minimum atomic E-state index is -0.678. The molecule has 34 heavy (non-hydrogen) atoms. The summed E-state index contributed by atoms with van der Waals surface area (Å²) < 4.78 is 5.11. The molecule has 1 aliphatic heterocycles. The van der Waals surface area contributed by atoms with E-state index in [0.29, 0.717) is 18.2 Å². The van der Waals surface area contributed by atoms with Crippen molar-refractivity contribution in [2.24, 2.45) is 11.3 Å². The monoisotopic (exact) mass is 479 g/mol. The molecule has 1 aliphatic rings. The first-order valence-electron chi connectivity index (χ1n) is 12.9. The number of esters is 1. The number of carbonyl (C=O) groups is 3. The smallest absolute Gasteiger partial charge is 0.333 e. The maximum Gasteiger partial charge on any atom is 0.333 e. The lowest BCUT2D eigenvalue weighted by atomic mass is 9.84. The fourth-order valence-electron chi connectivity index (χ4n) is 4.56. The summed E-state index contributed by atoms with van der Waals surface area (Å²) in [7, 11) is 1.75. The number of rotatable bonds is 10. The van der Waals surface area contributed by atoms with Gasteiger partial charge in [-0.15, -0.1) is 0 Å². The normalized spacial score (nSPS) is 20.4. The van der Waals surface area contributed by atoms with E-state index < -0.39 is 11.5 Å². The molecule has 2 amide bonds. The van der Waals surface area contributed by atoms with Crippen molar-refractivity contribution in [2.45, 2.75) is 112 Å². The fraction of sp³-hybridized carbons (Fsp3) is 0.815. The second-order valence-corrected chi connectivity index (χ2v) is 11.1. The van der Waals surface area contributed by atoms with Crippen LogP contribution >= 0.6 is 0 Å². The van der Waals surface area contributed by atoms with Crippen molar-refractivity contribution in [3.05, 3.63) is 11.6 Å². The summed E-state index contributed by atoms with van der Waals surface area (Å²) in [4.78, 5) is 43.3.